The van der Waals surface area contributed by atoms with Crippen LogP contribution in [-0.2, 0) is 19.2 Å². The number of piperidine rings is 1. The predicted octanol–water partition coefficient (Wildman–Crippen LogP) is 2.18. The van der Waals surface area contributed by atoms with E-state index < -0.39 is 17.7 Å². The summed E-state index contributed by atoms with van der Waals surface area (Å²) in [5.74, 6) is -0.733. The van der Waals surface area contributed by atoms with Crippen molar-refractivity contribution in [3.63, 3.8) is 0 Å². The number of nitrogens with zero attached hydrogens (tertiary/aromatic N) is 2. The van der Waals surface area contributed by atoms with Crippen molar-refractivity contribution in [3.05, 3.63) is 33.8 Å². The number of aliphatic hydroxyl groups is 1. The maximum atomic E-state index is 13.6. The Morgan fingerprint density at radius 1 is 1.22 bits per heavy atom. The Balaban J connectivity index is 2.01. The quantitative estimate of drug-likeness (QED) is 0.762. The molecule has 2 aliphatic rings. The zero-order valence-electron chi connectivity index (χ0n) is 16.2. The normalized spacial score (nSPS) is 26.2. The molecule has 2 fully saturated rings. The number of hydroxylamine groups is 4. The van der Waals surface area contributed by atoms with Crippen LogP contribution in [0.4, 0.5) is 0 Å². The smallest absolute Gasteiger partial charge is 0.167 e. The van der Waals surface area contributed by atoms with E-state index in [0.29, 0.717) is 31.0 Å². The van der Waals surface area contributed by atoms with Crippen LogP contribution in [0.1, 0.15) is 35.4 Å². The first-order valence-corrected chi connectivity index (χ1v) is 9.43. The number of ether oxygens (including phenoxy) is 1. The van der Waals surface area contributed by atoms with Gasteiger partial charge >= 0.3 is 0 Å². The van der Waals surface area contributed by atoms with Gasteiger partial charge in [0, 0.05) is 25.2 Å². The molecule has 27 heavy (non-hydrogen) atoms. The lowest BCUT2D eigenvalue weighted by Gasteiger charge is -2.42. The van der Waals surface area contributed by atoms with Crippen molar-refractivity contribution in [2.45, 2.75) is 44.4 Å². The summed E-state index contributed by atoms with van der Waals surface area (Å²) in [7, 11) is 3.13. The molecule has 0 aliphatic carbocycles. The van der Waals surface area contributed by atoms with Gasteiger partial charge in [-0.25, -0.2) is 0 Å². The number of hydrogen-bond donors (Lipinski definition) is 1. The average Bonchev–Trinajstić information content (AvgIpc) is 2.82. The second-order valence-electron chi connectivity index (χ2n) is 7.21. The summed E-state index contributed by atoms with van der Waals surface area (Å²) in [6, 6.07) is 3.64. The maximum Gasteiger partial charge on any atom is 0.167 e. The summed E-state index contributed by atoms with van der Waals surface area (Å²) < 4.78 is 5.03. The van der Waals surface area contributed by atoms with Gasteiger partial charge in [0.2, 0.25) is 0 Å². The molecular weight excluding hydrogens is 372 g/mol. The van der Waals surface area contributed by atoms with Crippen LogP contribution < -0.4 is 0 Å². The van der Waals surface area contributed by atoms with Crippen LogP contribution in [0.25, 0.3) is 0 Å². The SMILES string of the molecule is COCON1C(O)C(c2c(C)cc(Cl)cc2C)C(=O)C12CCN(OC)CC2. The summed E-state index contributed by atoms with van der Waals surface area (Å²) in [6.45, 7) is 4.94. The molecule has 1 spiro atoms. The number of carbonyl (C=O) groups is 1. The molecule has 1 N–H and O–H groups in total. The van der Waals surface area contributed by atoms with Crippen molar-refractivity contribution in [1.82, 2.24) is 10.1 Å². The zero-order chi connectivity index (χ0) is 19.8. The van der Waals surface area contributed by atoms with E-state index in [1.54, 1.807) is 7.11 Å². The van der Waals surface area contributed by atoms with Crippen molar-refractivity contribution >= 4 is 17.4 Å². The van der Waals surface area contributed by atoms with Crippen LogP contribution in [0.3, 0.4) is 0 Å². The number of halogens is 1. The van der Waals surface area contributed by atoms with Crippen LogP contribution in [0.2, 0.25) is 5.02 Å². The van der Waals surface area contributed by atoms with Gasteiger partial charge in [-0.05, 0) is 55.5 Å². The number of Topliss-reactive ketones (excluding diaryl/α,β-unsaturated/α-hetero) is 1. The molecule has 2 atom stereocenters. The second kappa shape index (κ2) is 8.13. The van der Waals surface area contributed by atoms with E-state index in [1.165, 1.54) is 12.2 Å². The Kier molecular flexibility index (Phi) is 6.22. The highest BCUT2D eigenvalue weighted by molar-refractivity contribution is 6.30. The summed E-state index contributed by atoms with van der Waals surface area (Å²) in [5.41, 5.74) is 1.68. The maximum absolute atomic E-state index is 13.6. The van der Waals surface area contributed by atoms with Crippen LogP contribution in [0.5, 0.6) is 0 Å². The Hall–Kier alpha value is -1.06. The van der Waals surface area contributed by atoms with Crippen molar-refractivity contribution in [2.24, 2.45) is 0 Å². The highest BCUT2D eigenvalue weighted by Gasteiger charge is 2.61. The van der Waals surface area contributed by atoms with E-state index in [0.717, 1.165) is 16.7 Å². The van der Waals surface area contributed by atoms with Crippen LogP contribution in [0, 0.1) is 13.8 Å². The minimum Gasteiger partial charge on any atom is -0.375 e. The van der Waals surface area contributed by atoms with Crippen molar-refractivity contribution in [2.75, 3.05) is 34.1 Å². The lowest BCUT2D eigenvalue weighted by Crippen LogP contribution is -2.56. The fourth-order valence-corrected chi connectivity index (χ4v) is 4.76. The molecule has 3 rings (SSSR count). The number of benzene rings is 1. The van der Waals surface area contributed by atoms with Crippen molar-refractivity contribution in [3.8, 4) is 0 Å². The van der Waals surface area contributed by atoms with Crippen molar-refractivity contribution in [1.29, 1.82) is 0 Å². The summed E-state index contributed by atoms with van der Waals surface area (Å²) in [4.78, 5) is 24.6. The molecule has 0 radical (unpaired) electrons. The highest BCUT2D eigenvalue weighted by atomic mass is 35.5. The van der Waals surface area contributed by atoms with E-state index in [2.05, 4.69) is 0 Å². The third kappa shape index (κ3) is 3.53. The second-order valence-corrected chi connectivity index (χ2v) is 7.65. The number of methoxy groups -OCH3 is 1. The van der Waals surface area contributed by atoms with Gasteiger partial charge in [-0.15, -0.1) is 5.06 Å². The number of hydrogen-bond acceptors (Lipinski definition) is 7. The molecule has 150 valence electrons. The molecule has 0 saturated carbocycles. The Labute approximate surface area is 164 Å². The first-order valence-electron chi connectivity index (χ1n) is 9.05. The van der Waals surface area contributed by atoms with Gasteiger partial charge in [-0.3, -0.25) is 9.63 Å². The standard InChI is InChI=1S/C19H27ClN2O5/c1-12-9-14(20)10-13(2)15(12)16-17(23)19(5-7-21(26-4)8-6-19)22(18(16)24)27-11-25-3/h9-10,16,18,24H,5-8,11H2,1-4H3. The van der Waals surface area contributed by atoms with E-state index in [9.17, 15) is 9.90 Å². The molecule has 2 heterocycles. The molecule has 2 unspecified atom stereocenters. The molecule has 8 heteroatoms. The Morgan fingerprint density at radius 2 is 1.81 bits per heavy atom. The molecule has 1 aromatic carbocycles. The molecular formula is C19H27ClN2O5. The van der Waals surface area contributed by atoms with E-state index in [4.69, 9.17) is 26.0 Å². The molecule has 2 aliphatic heterocycles. The summed E-state index contributed by atoms with van der Waals surface area (Å²) in [6.07, 6.45) is -0.0917. The third-order valence-corrected chi connectivity index (χ3v) is 5.91. The van der Waals surface area contributed by atoms with Gasteiger partial charge in [0.25, 0.3) is 0 Å². The van der Waals surface area contributed by atoms with Gasteiger partial charge in [0.15, 0.2) is 12.6 Å². The number of aliphatic hydroxyl groups excluding tert-OH is 1. The van der Waals surface area contributed by atoms with E-state index >= 15 is 0 Å². The Bertz CT molecular complexity index is 682. The molecule has 7 nitrogen and oxygen atoms in total. The third-order valence-electron chi connectivity index (χ3n) is 5.69. The molecule has 0 amide bonds. The van der Waals surface area contributed by atoms with Gasteiger partial charge in [-0.2, -0.15) is 5.06 Å². The minimum atomic E-state index is -1.10. The number of ketones is 1. The summed E-state index contributed by atoms with van der Waals surface area (Å²) >= 11 is 6.15. The average molecular weight is 399 g/mol. The van der Waals surface area contributed by atoms with Gasteiger partial charge in [0.05, 0.1) is 13.0 Å². The first-order chi connectivity index (χ1) is 12.9. The van der Waals surface area contributed by atoms with E-state index in [1.807, 2.05) is 31.0 Å². The largest absolute Gasteiger partial charge is 0.375 e. The highest BCUT2D eigenvalue weighted by Crippen LogP contribution is 2.47. The zero-order valence-corrected chi connectivity index (χ0v) is 17.0. The molecule has 0 bridgehead atoms. The number of aryl methyl sites for hydroxylation is 2. The molecule has 0 aromatic heterocycles. The fraction of sp³-hybridized carbons (Fsp3) is 0.632. The number of carbonyl (C=O) groups excluding carboxylic acids is 1. The predicted molar refractivity (Wildman–Crippen MR) is 100 cm³/mol. The van der Waals surface area contributed by atoms with Crippen LogP contribution in [0.15, 0.2) is 12.1 Å². The Morgan fingerprint density at radius 3 is 2.33 bits per heavy atom. The van der Waals surface area contributed by atoms with Crippen molar-refractivity contribution < 1.29 is 24.3 Å². The topological polar surface area (TPSA) is 71.5 Å². The van der Waals surface area contributed by atoms with Crippen LogP contribution >= 0.6 is 11.6 Å². The van der Waals surface area contributed by atoms with E-state index in [-0.39, 0.29) is 12.6 Å². The minimum absolute atomic E-state index is 0.0321. The molecule has 2 saturated heterocycles. The van der Waals surface area contributed by atoms with Gasteiger partial charge in [-0.1, -0.05) is 11.6 Å². The fourth-order valence-electron chi connectivity index (χ4n) is 4.43. The lowest BCUT2D eigenvalue weighted by molar-refractivity contribution is -0.309. The summed E-state index contributed by atoms with van der Waals surface area (Å²) in [5, 5.41) is 15.0. The number of rotatable bonds is 5. The molecule has 1 aromatic rings. The monoisotopic (exact) mass is 398 g/mol. The first kappa shape index (κ1) is 20.7. The van der Waals surface area contributed by atoms with Gasteiger partial charge < -0.3 is 14.7 Å². The lowest BCUT2D eigenvalue weighted by atomic mass is 9.79. The van der Waals surface area contributed by atoms with Gasteiger partial charge in [0.1, 0.15) is 11.8 Å². The van der Waals surface area contributed by atoms with Crippen LogP contribution in [-0.4, -0.2) is 66.9 Å².